The van der Waals surface area contributed by atoms with Gasteiger partial charge in [-0.15, -0.1) is 6.58 Å². The summed E-state index contributed by atoms with van der Waals surface area (Å²) in [6, 6.07) is 10.1. The van der Waals surface area contributed by atoms with E-state index in [1.165, 1.54) is 0 Å². The van der Waals surface area contributed by atoms with Gasteiger partial charge in [0.15, 0.2) is 5.78 Å². The van der Waals surface area contributed by atoms with Crippen LogP contribution in [0.5, 0.6) is 0 Å². The molecule has 1 aromatic carbocycles. The standard InChI is InChI=1S/C17H18O2/c1-2-10-17(11-8-16(18)9-12-17)14-19-13-15-6-4-3-5-7-15/h2-9,11-12H,1,10,13-14H2. The Balaban J connectivity index is 1.95. The van der Waals surface area contributed by atoms with Crippen LogP contribution < -0.4 is 0 Å². The molecule has 98 valence electrons. The van der Waals surface area contributed by atoms with Crippen molar-refractivity contribution in [2.75, 3.05) is 6.61 Å². The van der Waals surface area contributed by atoms with E-state index < -0.39 is 0 Å². The lowest BCUT2D eigenvalue weighted by atomic mass is 9.81. The molecule has 0 saturated heterocycles. The molecule has 0 spiro atoms. The van der Waals surface area contributed by atoms with E-state index >= 15 is 0 Å². The lowest BCUT2D eigenvalue weighted by Gasteiger charge is -2.27. The fourth-order valence-electron chi connectivity index (χ4n) is 2.10. The molecule has 0 amide bonds. The quantitative estimate of drug-likeness (QED) is 0.727. The minimum atomic E-state index is -0.232. The molecular weight excluding hydrogens is 236 g/mol. The van der Waals surface area contributed by atoms with Gasteiger partial charge >= 0.3 is 0 Å². The SMILES string of the molecule is C=CCC1(COCc2ccccc2)C=CC(=O)C=C1. The highest BCUT2D eigenvalue weighted by Gasteiger charge is 2.25. The summed E-state index contributed by atoms with van der Waals surface area (Å²) in [6.07, 6.45) is 9.67. The van der Waals surface area contributed by atoms with E-state index in [2.05, 4.69) is 6.58 Å². The van der Waals surface area contributed by atoms with Gasteiger partial charge in [0, 0.05) is 5.41 Å². The predicted octanol–water partition coefficient (Wildman–Crippen LogP) is 3.46. The second-order valence-electron chi connectivity index (χ2n) is 4.77. The molecule has 1 aliphatic rings. The van der Waals surface area contributed by atoms with E-state index in [9.17, 15) is 4.79 Å². The van der Waals surface area contributed by atoms with Crippen LogP contribution in [-0.4, -0.2) is 12.4 Å². The van der Waals surface area contributed by atoms with Gasteiger partial charge in [0.25, 0.3) is 0 Å². The van der Waals surface area contributed by atoms with Crippen LogP contribution in [0.4, 0.5) is 0 Å². The first-order valence-corrected chi connectivity index (χ1v) is 6.39. The molecule has 0 heterocycles. The highest BCUT2D eigenvalue weighted by atomic mass is 16.5. The Labute approximate surface area is 114 Å². The average Bonchev–Trinajstić information content (AvgIpc) is 2.44. The first kappa shape index (κ1) is 13.5. The second-order valence-corrected chi connectivity index (χ2v) is 4.77. The Kier molecular flexibility index (Phi) is 4.48. The van der Waals surface area contributed by atoms with Crippen molar-refractivity contribution < 1.29 is 9.53 Å². The number of hydrogen-bond donors (Lipinski definition) is 0. The molecule has 2 heteroatoms. The van der Waals surface area contributed by atoms with Crippen molar-refractivity contribution in [1.82, 2.24) is 0 Å². The van der Waals surface area contributed by atoms with Gasteiger partial charge in [0.2, 0.25) is 0 Å². The van der Waals surface area contributed by atoms with Crippen molar-refractivity contribution in [3.8, 4) is 0 Å². The van der Waals surface area contributed by atoms with E-state index in [0.29, 0.717) is 13.2 Å². The number of benzene rings is 1. The van der Waals surface area contributed by atoms with Crippen LogP contribution in [0.3, 0.4) is 0 Å². The molecule has 0 saturated carbocycles. The molecule has 2 rings (SSSR count). The maximum absolute atomic E-state index is 11.2. The lowest BCUT2D eigenvalue weighted by Crippen LogP contribution is -2.24. The van der Waals surface area contributed by atoms with Crippen LogP contribution in [-0.2, 0) is 16.1 Å². The Morgan fingerprint density at radius 3 is 2.47 bits per heavy atom. The maximum Gasteiger partial charge on any atom is 0.178 e. The highest BCUT2D eigenvalue weighted by Crippen LogP contribution is 2.30. The summed E-state index contributed by atoms with van der Waals surface area (Å²) in [5, 5.41) is 0. The number of carbonyl (C=O) groups excluding carboxylic acids is 1. The Morgan fingerprint density at radius 2 is 1.84 bits per heavy atom. The second kappa shape index (κ2) is 6.30. The minimum Gasteiger partial charge on any atom is -0.376 e. The van der Waals surface area contributed by atoms with E-state index in [4.69, 9.17) is 4.74 Å². The van der Waals surface area contributed by atoms with Crippen molar-refractivity contribution in [3.63, 3.8) is 0 Å². The summed E-state index contributed by atoms with van der Waals surface area (Å²) < 4.78 is 5.79. The number of ketones is 1. The molecule has 1 aromatic rings. The fourth-order valence-corrected chi connectivity index (χ4v) is 2.10. The number of hydrogen-bond acceptors (Lipinski definition) is 2. The van der Waals surface area contributed by atoms with Gasteiger partial charge in [-0.25, -0.2) is 0 Å². The third-order valence-corrected chi connectivity index (χ3v) is 3.17. The first-order valence-electron chi connectivity index (χ1n) is 6.39. The van der Waals surface area contributed by atoms with Crippen molar-refractivity contribution in [1.29, 1.82) is 0 Å². The zero-order valence-electron chi connectivity index (χ0n) is 10.9. The van der Waals surface area contributed by atoms with Gasteiger partial charge in [-0.1, -0.05) is 48.6 Å². The van der Waals surface area contributed by atoms with Crippen molar-refractivity contribution in [3.05, 3.63) is 72.9 Å². The summed E-state index contributed by atoms with van der Waals surface area (Å²) in [7, 11) is 0. The molecule has 0 bridgehead atoms. The van der Waals surface area contributed by atoms with Crippen LogP contribution in [0, 0.1) is 5.41 Å². The average molecular weight is 254 g/mol. The largest absolute Gasteiger partial charge is 0.376 e. The van der Waals surface area contributed by atoms with Crippen LogP contribution in [0.1, 0.15) is 12.0 Å². The predicted molar refractivity (Wildman–Crippen MR) is 76.6 cm³/mol. The summed E-state index contributed by atoms with van der Waals surface area (Å²) in [5.41, 5.74) is 0.917. The molecule has 0 N–H and O–H groups in total. The van der Waals surface area contributed by atoms with E-state index in [0.717, 1.165) is 12.0 Å². The maximum atomic E-state index is 11.2. The minimum absolute atomic E-state index is 0.0303. The third kappa shape index (κ3) is 3.76. The summed E-state index contributed by atoms with van der Waals surface area (Å²) >= 11 is 0. The summed E-state index contributed by atoms with van der Waals surface area (Å²) in [4.78, 5) is 11.2. The Bertz CT molecular complexity index is 481. The van der Waals surface area contributed by atoms with Gasteiger partial charge in [-0.3, -0.25) is 4.79 Å². The van der Waals surface area contributed by atoms with Crippen LogP contribution in [0.25, 0.3) is 0 Å². The Morgan fingerprint density at radius 1 is 1.16 bits per heavy atom. The molecule has 19 heavy (non-hydrogen) atoms. The molecule has 0 aliphatic heterocycles. The lowest BCUT2D eigenvalue weighted by molar-refractivity contribution is -0.110. The van der Waals surface area contributed by atoms with Crippen LogP contribution in [0.2, 0.25) is 0 Å². The molecule has 2 nitrogen and oxygen atoms in total. The van der Waals surface area contributed by atoms with Crippen molar-refractivity contribution in [2.24, 2.45) is 5.41 Å². The van der Waals surface area contributed by atoms with Crippen molar-refractivity contribution >= 4 is 5.78 Å². The topological polar surface area (TPSA) is 26.3 Å². The zero-order valence-corrected chi connectivity index (χ0v) is 10.9. The van der Waals surface area contributed by atoms with Crippen molar-refractivity contribution in [2.45, 2.75) is 13.0 Å². The number of rotatable bonds is 6. The number of ether oxygens (including phenoxy) is 1. The van der Waals surface area contributed by atoms with E-state index in [1.807, 2.05) is 48.6 Å². The van der Waals surface area contributed by atoms with Gasteiger partial charge in [-0.05, 0) is 24.1 Å². The first-order chi connectivity index (χ1) is 9.24. The van der Waals surface area contributed by atoms with Gasteiger partial charge < -0.3 is 4.74 Å². The van der Waals surface area contributed by atoms with E-state index in [1.54, 1.807) is 12.2 Å². The third-order valence-electron chi connectivity index (χ3n) is 3.17. The van der Waals surface area contributed by atoms with Gasteiger partial charge in [-0.2, -0.15) is 0 Å². The number of carbonyl (C=O) groups is 1. The van der Waals surface area contributed by atoms with Gasteiger partial charge in [0.1, 0.15) is 0 Å². The van der Waals surface area contributed by atoms with Crippen LogP contribution >= 0.6 is 0 Å². The molecule has 0 radical (unpaired) electrons. The summed E-state index contributed by atoms with van der Waals surface area (Å²) in [6.45, 7) is 4.91. The van der Waals surface area contributed by atoms with Crippen LogP contribution in [0.15, 0.2) is 67.3 Å². The Hall–Kier alpha value is -1.93. The molecule has 1 aliphatic carbocycles. The molecule has 0 unspecified atom stereocenters. The molecule has 0 aromatic heterocycles. The number of allylic oxidation sites excluding steroid dienone is 3. The molecule has 0 fully saturated rings. The zero-order chi connectivity index (χ0) is 13.6. The summed E-state index contributed by atoms with van der Waals surface area (Å²) in [5.74, 6) is 0.0303. The highest BCUT2D eigenvalue weighted by molar-refractivity contribution is 6.00. The molecular formula is C17H18O2. The monoisotopic (exact) mass is 254 g/mol. The van der Waals surface area contributed by atoms with Gasteiger partial charge in [0.05, 0.1) is 13.2 Å². The fraction of sp³-hybridized carbons (Fsp3) is 0.235. The van der Waals surface area contributed by atoms with E-state index in [-0.39, 0.29) is 11.2 Å². The normalized spacial score (nSPS) is 16.5. The smallest absolute Gasteiger partial charge is 0.178 e. The molecule has 0 atom stereocenters.